The van der Waals surface area contributed by atoms with Gasteiger partial charge in [0.25, 0.3) is 0 Å². The molecule has 0 heterocycles. The van der Waals surface area contributed by atoms with Crippen LogP contribution in [0.15, 0.2) is 18.2 Å². The van der Waals surface area contributed by atoms with Crippen LogP contribution in [-0.4, -0.2) is 30.4 Å². The van der Waals surface area contributed by atoms with Crippen molar-refractivity contribution in [2.75, 3.05) is 13.2 Å². The fourth-order valence-corrected chi connectivity index (χ4v) is 1.98. The second kappa shape index (κ2) is 8.18. The van der Waals surface area contributed by atoms with E-state index in [9.17, 15) is 5.11 Å². The van der Waals surface area contributed by atoms with Gasteiger partial charge in [0, 0.05) is 12.6 Å². The fourth-order valence-electron chi connectivity index (χ4n) is 1.98. The van der Waals surface area contributed by atoms with Gasteiger partial charge in [0.15, 0.2) is 0 Å². The van der Waals surface area contributed by atoms with E-state index in [0.717, 1.165) is 24.2 Å². The lowest BCUT2D eigenvalue weighted by molar-refractivity contribution is 0.103. The number of nitrogens with one attached hydrogen (secondary N) is 1. The van der Waals surface area contributed by atoms with Crippen LogP contribution in [0.4, 0.5) is 0 Å². The van der Waals surface area contributed by atoms with Crippen molar-refractivity contribution in [2.45, 2.75) is 52.7 Å². The van der Waals surface area contributed by atoms with E-state index in [0.29, 0.717) is 19.2 Å². The summed E-state index contributed by atoms with van der Waals surface area (Å²) in [6.07, 6.45) is 1.81. The fraction of sp³-hybridized carbons (Fsp3) is 0.625. The van der Waals surface area contributed by atoms with Crippen molar-refractivity contribution in [1.82, 2.24) is 5.32 Å². The Kier molecular flexibility index (Phi) is 6.89. The summed E-state index contributed by atoms with van der Waals surface area (Å²) < 4.78 is 5.68. The number of aryl methyl sites for hydroxylation is 2. The monoisotopic (exact) mass is 265 g/mol. The predicted molar refractivity (Wildman–Crippen MR) is 79.8 cm³/mol. The van der Waals surface area contributed by atoms with Gasteiger partial charge in [-0.1, -0.05) is 25.5 Å². The molecule has 3 nitrogen and oxygen atoms in total. The minimum absolute atomic E-state index is 0.330. The molecule has 2 atom stereocenters. The Morgan fingerprint density at radius 2 is 2.05 bits per heavy atom. The molecule has 1 aromatic rings. The summed E-state index contributed by atoms with van der Waals surface area (Å²) in [4.78, 5) is 0. The van der Waals surface area contributed by atoms with Crippen LogP contribution < -0.4 is 10.1 Å². The van der Waals surface area contributed by atoms with Crippen molar-refractivity contribution >= 4 is 0 Å². The van der Waals surface area contributed by atoms with Gasteiger partial charge in [-0.05, 0) is 44.4 Å². The molecule has 0 saturated heterocycles. The number of hydrogen-bond donors (Lipinski definition) is 2. The van der Waals surface area contributed by atoms with Gasteiger partial charge >= 0.3 is 0 Å². The maximum atomic E-state index is 9.90. The molecule has 3 heteroatoms. The van der Waals surface area contributed by atoms with Crippen LogP contribution in [-0.2, 0) is 0 Å². The number of hydrogen-bond acceptors (Lipinski definition) is 3. The Hall–Kier alpha value is -1.06. The third-order valence-electron chi connectivity index (χ3n) is 3.20. The lowest BCUT2D eigenvalue weighted by Crippen LogP contribution is -2.36. The molecule has 0 saturated carbocycles. The van der Waals surface area contributed by atoms with Gasteiger partial charge in [0.05, 0.1) is 0 Å². The normalized spacial score (nSPS) is 14.2. The maximum absolute atomic E-state index is 9.90. The molecule has 0 aliphatic heterocycles. The van der Waals surface area contributed by atoms with E-state index in [4.69, 9.17) is 4.74 Å². The second-order valence-electron chi connectivity index (χ2n) is 5.33. The molecule has 0 fully saturated rings. The standard InChI is InChI=1S/C16H27NO2/c1-5-6-14(4)17-10-15(18)11-19-16-9-12(2)7-8-13(16)3/h7-9,14-15,17-18H,5-6,10-11H2,1-4H3. The Morgan fingerprint density at radius 1 is 1.32 bits per heavy atom. The van der Waals surface area contributed by atoms with Crippen molar-refractivity contribution in [3.63, 3.8) is 0 Å². The van der Waals surface area contributed by atoms with Crippen LogP contribution >= 0.6 is 0 Å². The Bertz CT molecular complexity index is 379. The quantitative estimate of drug-likeness (QED) is 0.759. The molecule has 108 valence electrons. The summed E-state index contributed by atoms with van der Waals surface area (Å²) in [5.41, 5.74) is 2.27. The summed E-state index contributed by atoms with van der Waals surface area (Å²) >= 11 is 0. The van der Waals surface area contributed by atoms with Crippen LogP contribution in [0.2, 0.25) is 0 Å². The number of benzene rings is 1. The smallest absolute Gasteiger partial charge is 0.122 e. The van der Waals surface area contributed by atoms with E-state index in [1.165, 1.54) is 5.56 Å². The number of ether oxygens (including phenoxy) is 1. The van der Waals surface area contributed by atoms with Gasteiger partial charge in [0.2, 0.25) is 0 Å². The number of rotatable bonds is 8. The molecule has 2 unspecified atom stereocenters. The third kappa shape index (κ3) is 6.08. The van der Waals surface area contributed by atoms with Crippen LogP contribution in [0, 0.1) is 13.8 Å². The van der Waals surface area contributed by atoms with E-state index < -0.39 is 6.10 Å². The Labute approximate surface area is 117 Å². The molecule has 0 aliphatic rings. The van der Waals surface area contributed by atoms with Gasteiger partial charge in [0.1, 0.15) is 18.5 Å². The SMILES string of the molecule is CCCC(C)NCC(O)COc1cc(C)ccc1C. The van der Waals surface area contributed by atoms with Crippen molar-refractivity contribution in [2.24, 2.45) is 0 Å². The van der Waals surface area contributed by atoms with Crippen molar-refractivity contribution in [3.05, 3.63) is 29.3 Å². The minimum Gasteiger partial charge on any atom is -0.491 e. The van der Waals surface area contributed by atoms with Gasteiger partial charge < -0.3 is 15.2 Å². The second-order valence-corrected chi connectivity index (χ2v) is 5.33. The zero-order chi connectivity index (χ0) is 14.3. The average molecular weight is 265 g/mol. The van der Waals surface area contributed by atoms with Crippen molar-refractivity contribution in [3.8, 4) is 5.75 Å². The van der Waals surface area contributed by atoms with E-state index in [2.05, 4.69) is 25.2 Å². The third-order valence-corrected chi connectivity index (χ3v) is 3.20. The first kappa shape index (κ1) is 16.0. The molecule has 2 N–H and O–H groups in total. The Morgan fingerprint density at radius 3 is 2.74 bits per heavy atom. The highest BCUT2D eigenvalue weighted by Crippen LogP contribution is 2.19. The highest BCUT2D eigenvalue weighted by Gasteiger charge is 2.08. The molecule has 19 heavy (non-hydrogen) atoms. The average Bonchev–Trinajstić information content (AvgIpc) is 2.38. The first-order chi connectivity index (χ1) is 9.02. The molecular formula is C16H27NO2. The van der Waals surface area contributed by atoms with Crippen LogP contribution in [0.25, 0.3) is 0 Å². The van der Waals surface area contributed by atoms with Crippen molar-refractivity contribution in [1.29, 1.82) is 0 Å². The summed E-state index contributed by atoms with van der Waals surface area (Å²) in [6, 6.07) is 6.56. The van der Waals surface area contributed by atoms with Crippen LogP contribution in [0.5, 0.6) is 5.75 Å². The van der Waals surface area contributed by atoms with Gasteiger partial charge in [-0.25, -0.2) is 0 Å². The minimum atomic E-state index is -0.473. The molecule has 0 aliphatic carbocycles. The molecule has 0 amide bonds. The van der Waals surface area contributed by atoms with E-state index in [1.54, 1.807) is 0 Å². The Balaban J connectivity index is 2.33. The lowest BCUT2D eigenvalue weighted by Gasteiger charge is -2.18. The van der Waals surface area contributed by atoms with Gasteiger partial charge in [-0.3, -0.25) is 0 Å². The topological polar surface area (TPSA) is 41.5 Å². The highest BCUT2D eigenvalue weighted by molar-refractivity contribution is 5.35. The zero-order valence-electron chi connectivity index (χ0n) is 12.6. The largest absolute Gasteiger partial charge is 0.491 e. The molecular weight excluding hydrogens is 238 g/mol. The first-order valence-corrected chi connectivity index (χ1v) is 7.14. The van der Waals surface area contributed by atoms with Gasteiger partial charge in [-0.15, -0.1) is 0 Å². The number of aliphatic hydroxyl groups excluding tert-OH is 1. The first-order valence-electron chi connectivity index (χ1n) is 7.14. The number of aliphatic hydroxyl groups is 1. The predicted octanol–water partition coefficient (Wildman–Crippen LogP) is 2.82. The van der Waals surface area contributed by atoms with Crippen LogP contribution in [0.1, 0.15) is 37.8 Å². The molecule has 0 aromatic heterocycles. The lowest BCUT2D eigenvalue weighted by atomic mass is 10.1. The zero-order valence-corrected chi connectivity index (χ0v) is 12.6. The molecule has 0 radical (unpaired) electrons. The summed E-state index contributed by atoms with van der Waals surface area (Å²) in [5, 5.41) is 13.2. The highest BCUT2D eigenvalue weighted by atomic mass is 16.5. The van der Waals surface area contributed by atoms with Gasteiger partial charge in [-0.2, -0.15) is 0 Å². The maximum Gasteiger partial charge on any atom is 0.122 e. The summed E-state index contributed by atoms with van der Waals surface area (Å²) in [6.45, 7) is 9.27. The van der Waals surface area contributed by atoms with Crippen molar-refractivity contribution < 1.29 is 9.84 Å². The van der Waals surface area contributed by atoms with E-state index in [-0.39, 0.29) is 0 Å². The summed E-state index contributed by atoms with van der Waals surface area (Å²) in [5.74, 6) is 0.862. The van der Waals surface area contributed by atoms with Crippen LogP contribution in [0.3, 0.4) is 0 Å². The molecule has 0 bridgehead atoms. The van der Waals surface area contributed by atoms with E-state index >= 15 is 0 Å². The van der Waals surface area contributed by atoms with E-state index in [1.807, 2.05) is 26.0 Å². The summed E-state index contributed by atoms with van der Waals surface area (Å²) in [7, 11) is 0. The molecule has 0 spiro atoms. The molecule has 1 rings (SSSR count). The molecule has 1 aromatic carbocycles.